The molecular weight excluding hydrogens is 420 g/mol. The second-order valence-corrected chi connectivity index (χ2v) is 7.79. The number of ether oxygens (including phenoxy) is 1. The lowest BCUT2D eigenvalue weighted by atomic mass is 10.2. The van der Waals surface area contributed by atoms with Gasteiger partial charge in [-0.25, -0.2) is 4.98 Å². The normalized spacial score (nSPS) is 10.9. The predicted molar refractivity (Wildman–Crippen MR) is 131 cm³/mol. The minimum Gasteiger partial charge on any atom is -0.494 e. The minimum absolute atomic E-state index is 0.204. The molecule has 162 valence electrons. The molecule has 1 heterocycles. The van der Waals surface area contributed by atoms with Gasteiger partial charge >= 0.3 is 5.97 Å². The van der Waals surface area contributed by atoms with Gasteiger partial charge in [-0.05, 0) is 49.1 Å². The summed E-state index contributed by atoms with van der Waals surface area (Å²) in [5, 5.41) is 10.4. The number of hydrogen-bond acceptors (Lipinski definition) is 4. The van der Waals surface area contributed by atoms with E-state index >= 15 is 0 Å². The third-order valence-electron chi connectivity index (χ3n) is 5.25. The third kappa shape index (κ3) is 5.03. The number of carboxylic acids is 1. The van der Waals surface area contributed by atoms with Crippen LogP contribution in [0.3, 0.4) is 0 Å². The number of fused-ring (bicyclic) bond motifs is 1. The van der Waals surface area contributed by atoms with Crippen LogP contribution in [0.15, 0.2) is 72.8 Å². The van der Waals surface area contributed by atoms with Crippen LogP contribution in [-0.2, 0) is 4.79 Å². The summed E-state index contributed by atoms with van der Waals surface area (Å²) in [4.78, 5) is 15.5. The lowest BCUT2D eigenvalue weighted by Gasteiger charge is -2.11. The zero-order valence-corrected chi connectivity index (χ0v) is 18.4. The molecule has 0 radical (unpaired) electrons. The topological polar surface area (TPSA) is 64.3 Å². The number of unbranched alkanes of at least 4 members (excludes halogenated alkanes) is 2. The van der Waals surface area contributed by atoms with Crippen molar-refractivity contribution in [1.29, 1.82) is 0 Å². The van der Waals surface area contributed by atoms with E-state index in [-0.39, 0.29) is 6.42 Å². The standard InChI is InChI=1S/C26H24N2O3S/c29-25(30)9-5-2-6-16-31-22-14-15-23-24(17-22)28(21-12-10-19(18-32)11-13-21)26(27-23)20-7-3-1-4-8-20/h1,3-4,7-8,10-15,17-18H,2,5-6,9,16H2,(H,29,30). The van der Waals surface area contributed by atoms with Crippen LogP contribution < -0.4 is 4.74 Å². The van der Waals surface area contributed by atoms with Gasteiger partial charge < -0.3 is 9.84 Å². The van der Waals surface area contributed by atoms with Crippen molar-refractivity contribution in [3.05, 3.63) is 78.4 Å². The first-order valence-electron chi connectivity index (χ1n) is 10.6. The van der Waals surface area contributed by atoms with E-state index < -0.39 is 5.97 Å². The van der Waals surface area contributed by atoms with E-state index in [1.54, 1.807) is 5.37 Å². The van der Waals surface area contributed by atoms with Crippen molar-refractivity contribution in [1.82, 2.24) is 9.55 Å². The highest BCUT2D eigenvalue weighted by atomic mass is 32.1. The average Bonchev–Trinajstić information content (AvgIpc) is 3.20. The highest BCUT2D eigenvalue weighted by molar-refractivity contribution is 7.79. The Hall–Kier alpha value is -3.51. The number of aromatic nitrogens is 2. The number of nitrogens with zero attached hydrogens (tertiary/aromatic N) is 2. The number of aliphatic carboxylic acids is 1. The molecular formula is C26H24N2O3S. The van der Waals surface area contributed by atoms with Crippen molar-refractivity contribution in [2.24, 2.45) is 0 Å². The van der Waals surface area contributed by atoms with E-state index in [2.05, 4.69) is 16.7 Å². The Morgan fingerprint density at radius 1 is 1.00 bits per heavy atom. The molecule has 0 aliphatic rings. The first-order chi connectivity index (χ1) is 15.7. The van der Waals surface area contributed by atoms with Gasteiger partial charge in [0.15, 0.2) is 0 Å². The van der Waals surface area contributed by atoms with Gasteiger partial charge in [0, 0.05) is 29.1 Å². The van der Waals surface area contributed by atoms with E-state index in [1.807, 2.05) is 60.7 Å². The van der Waals surface area contributed by atoms with Crippen LogP contribution in [-0.4, -0.2) is 32.6 Å². The number of benzene rings is 3. The van der Waals surface area contributed by atoms with Gasteiger partial charge in [-0.1, -0.05) is 54.7 Å². The molecule has 0 bridgehead atoms. The first kappa shape index (κ1) is 21.7. The van der Waals surface area contributed by atoms with Crippen LogP contribution in [0.25, 0.3) is 28.1 Å². The van der Waals surface area contributed by atoms with Crippen LogP contribution in [0.2, 0.25) is 0 Å². The summed E-state index contributed by atoms with van der Waals surface area (Å²) in [7, 11) is 0. The molecule has 1 aromatic heterocycles. The zero-order valence-electron chi connectivity index (χ0n) is 17.6. The van der Waals surface area contributed by atoms with Crippen LogP contribution in [0.4, 0.5) is 0 Å². The summed E-state index contributed by atoms with van der Waals surface area (Å²) in [5.74, 6) is 0.881. The largest absolute Gasteiger partial charge is 0.494 e. The van der Waals surface area contributed by atoms with Crippen LogP contribution >= 0.6 is 12.2 Å². The molecule has 6 heteroatoms. The SMILES string of the molecule is O=C(O)CCCCCOc1ccc2nc(-c3ccccc3)n(-c3ccc(C=S)cc3)c2c1. The number of carbonyl (C=O) groups is 1. The predicted octanol–water partition coefficient (Wildman–Crippen LogP) is 6.06. The molecule has 0 spiro atoms. The fourth-order valence-corrected chi connectivity index (χ4v) is 3.79. The lowest BCUT2D eigenvalue weighted by Crippen LogP contribution is -2.00. The van der Waals surface area contributed by atoms with Crippen molar-refractivity contribution in [3.63, 3.8) is 0 Å². The molecule has 0 unspecified atom stereocenters. The van der Waals surface area contributed by atoms with E-state index in [4.69, 9.17) is 27.0 Å². The van der Waals surface area contributed by atoms with E-state index in [9.17, 15) is 4.79 Å². The van der Waals surface area contributed by atoms with Gasteiger partial charge in [0.2, 0.25) is 0 Å². The third-order valence-corrected chi connectivity index (χ3v) is 5.52. The monoisotopic (exact) mass is 444 g/mol. The molecule has 0 aliphatic heterocycles. The number of carboxylic acid groups (broad SMARTS) is 1. The van der Waals surface area contributed by atoms with Crippen molar-refractivity contribution < 1.29 is 14.6 Å². The van der Waals surface area contributed by atoms with Crippen LogP contribution in [0, 0.1) is 0 Å². The summed E-state index contributed by atoms with van der Waals surface area (Å²) in [5.41, 5.74) is 4.86. The van der Waals surface area contributed by atoms with E-state index in [0.29, 0.717) is 13.0 Å². The molecule has 0 aliphatic carbocycles. The Morgan fingerprint density at radius 3 is 2.50 bits per heavy atom. The molecule has 1 N–H and O–H groups in total. The Morgan fingerprint density at radius 2 is 1.78 bits per heavy atom. The number of imidazole rings is 1. The maximum Gasteiger partial charge on any atom is 0.303 e. The number of hydrogen-bond donors (Lipinski definition) is 1. The van der Waals surface area contributed by atoms with Crippen molar-refractivity contribution in [2.75, 3.05) is 6.61 Å². The minimum atomic E-state index is -0.752. The van der Waals surface area contributed by atoms with Gasteiger partial charge in [-0.2, -0.15) is 0 Å². The summed E-state index contributed by atoms with van der Waals surface area (Å²) in [6.07, 6.45) is 2.52. The molecule has 0 saturated carbocycles. The summed E-state index contributed by atoms with van der Waals surface area (Å²) in [6, 6.07) is 24.1. The Bertz CT molecular complexity index is 1220. The highest BCUT2D eigenvalue weighted by Crippen LogP contribution is 2.31. The van der Waals surface area contributed by atoms with Crippen molar-refractivity contribution in [2.45, 2.75) is 25.7 Å². The summed E-state index contributed by atoms with van der Waals surface area (Å²) < 4.78 is 8.09. The van der Waals surface area contributed by atoms with E-state index in [1.165, 1.54) is 0 Å². The molecule has 4 rings (SSSR count). The molecule has 0 saturated heterocycles. The quantitative estimate of drug-likeness (QED) is 0.238. The van der Waals surface area contributed by atoms with Crippen LogP contribution in [0.5, 0.6) is 5.75 Å². The number of rotatable bonds is 10. The van der Waals surface area contributed by atoms with Gasteiger partial charge in [0.05, 0.1) is 17.6 Å². The van der Waals surface area contributed by atoms with Gasteiger partial charge in [0.25, 0.3) is 0 Å². The Kier molecular flexibility index (Phi) is 6.92. The summed E-state index contributed by atoms with van der Waals surface area (Å²) >= 11 is 5.05. The highest BCUT2D eigenvalue weighted by Gasteiger charge is 2.15. The van der Waals surface area contributed by atoms with Crippen molar-refractivity contribution >= 4 is 34.6 Å². The van der Waals surface area contributed by atoms with Crippen LogP contribution in [0.1, 0.15) is 31.2 Å². The van der Waals surface area contributed by atoms with Gasteiger partial charge in [-0.3, -0.25) is 9.36 Å². The maximum atomic E-state index is 10.6. The molecule has 0 atom stereocenters. The molecule has 4 aromatic rings. The lowest BCUT2D eigenvalue weighted by molar-refractivity contribution is -0.137. The number of thiocarbonyl (C=S) groups is 1. The fourth-order valence-electron chi connectivity index (χ4n) is 3.63. The molecule has 0 fully saturated rings. The maximum absolute atomic E-state index is 10.6. The zero-order chi connectivity index (χ0) is 22.3. The second-order valence-electron chi connectivity index (χ2n) is 7.55. The first-order valence-corrected chi connectivity index (χ1v) is 11.1. The molecule has 0 amide bonds. The van der Waals surface area contributed by atoms with Gasteiger partial charge in [-0.15, -0.1) is 0 Å². The van der Waals surface area contributed by atoms with Gasteiger partial charge in [0.1, 0.15) is 11.6 Å². The molecule has 32 heavy (non-hydrogen) atoms. The smallest absolute Gasteiger partial charge is 0.303 e. The molecule has 5 nitrogen and oxygen atoms in total. The molecule has 3 aromatic carbocycles. The fraction of sp³-hybridized carbons (Fsp3) is 0.192. The van der Waals surface area contributed by atoms with Crippen molar-refractivity contribution in [3.8, 4) is 22.8 Å². The average molecular weight is 445 g/mol. The van der Waals surface area contributed by atoms with E-state index in [0.717, 1.165) is 52.3 Å². The second kappa shape index (κ2) is 10.2. The summed E-state index contributed by atoms with van der Waals surface area (Å²) in [6.45, 7) is 0.550. The Labute approximate surface area is 192 Å². The Balaban J connectivity index is 1.65.